The fraction of sp³-hybridized carbons (Fsp3) is 0.545. The Bertz CT molecular complexity index is 1030. The zero-order valence-corrected chi connectivity index (χ0v) is 19.6. The van der Waals surface area contributed by atoms with Gasteiger partial charge in [-0.1, -0.05) is 19.6 Å². The Hall–Kier alpha value is -2.52. The maximum atomic E-state index is 8.74. The number of rotatable bonds is 8. The molecule has 0 saturated heterocycles. The lowest BCUT2D eigenvalue weighted by molar-refractivity contribution is 0.0899. The van der Waals surface area contributed by atoms with Gasteiger partial charge in [-0.15, -0.1) is 5.16 Å². The van der Waals surface area contributed by atoms with Crippen molar-refractivity contribution in [3.05, 3.63) is 31.0 Å². The second kappa shape index (κ2) is 9.31. The van der Waals surface area contributed by atoms with Crippen LogP contribution in [0.4, 0.5) is 0 Å². The molecular weight excluding hydrogens is 408 g/mol. The molecule has 9 heteroatoms. The summed E-state index contributed by atoms with van der Waals surface area (Å²) in [7, 11) is -1.09. The van der Waals surface area contributed by atoms with E-state index in [1.807, 2.05) is 17.0 Å². The fourth-order valence-corrected chi connectivity index (χ4v) is 4.91. The van der Waals surface area contributed by atoms with Crippen LogP contribution in [0.5, 0.6) is 0 Å². The van der Waals surface area contributed by atoms with Gasteiger partial charge < -0.3 is 14.5 Å². The molecule has 0 radical (unpaired) electrons. The summed E-state index contributed by atoms with van der Waals surface area (Å²) >= 11 is 0. The van der Waals surface area contributed by atoms with Crippen molar-refractivity contribution in [2.45, 2.75) is 64.1 Å². The zero-order valence-electron chi connectivity index (χ0n) is 18.6. The molecular formula is C22H32N6O2Si. The first-order valence-electron chi connectivity index (χ1n) is 11.0. The topological polar surface area (TPSA) is 90.4 Å². The van der Waals surface area contributed by atoms with Gasteiger partial charge in [0.1, 0.15) is 18.7 Å². The van der Waals surface area contributed by atoms with Gasteiger partial charge in [0.05, 0.1) is 17.9 Å². The van der Waals surface area contributed by atoms with Gasteiger partial charge in [-0.05, 0) is 43.7 Å². The molecule has 0 spiro atoms. The van der Waals surface area contributed by atoms with Crippen LogP contribution in [0.15, 0.2) is 36.1 Å². The summed E-state index contributed by atoms with van der Waals surface area (Å²) in [4.78, 5) is 9.05. The molecule has 0 amide bonds. The lowest BCUT2D eigenvalue weighted by atomic mass is 9.87. The maximum Gasteiger partial charge on any atom is 0.145 e. The lowest BCUT2D eigenvalue weighted by Gasteiger charge is -2.26. The minimum Gasteiger partial charge on any atom is -0.411 e. The van der Waals surface area contributed by atoms with E-state index in [2.05, 4.69) is 56.8 Å². The summed E-state index contributed by atoms with van der Waals surface area (Å²) in [5.41, 5.74) is 2.79. The van der Waals surface area contributed by atoms with E-state index in [4.69, 9.17) is 9.94 Å². The smallest absolute Gasteiger partial charge is 0.145 e. The van der Waals surface area contributed by atoms with Crippen LogP contribution < -0.4 is 0 Å². The number of oxime groups is 1. The van der Waals surface area contributed by atoms with E-state index in [0.717, 1.165) is 60.6 Å². The summed E-state index contributed by atoms with van der Waals surface area (Å²) in [5.74, 6) is 0.366. The number of nitrogens with zero attached hydrogens (tertiary/aromatic N) is 6. The van der Waals surface area contributed by atoms with Gasteiger partial charge in [0.2, 0.25) is 0 Å². The summed E-state index contributed by atoms with van der Waals surface area (Å²) in [6.45, 7) is 8.36. The number of fused-ring (bicyclic) bond motifs is 1. The molecule has 1 aliphatic rings. The van der Waals surface area contributed by atoms with E-state index in [0.29, 0.717) is 18.7 Å². The van der Waals surface area contributed by atoms with Crippen LogP contribution in [0.2, 0.25) is 25.7 Å². The van der Waals surface area contributed by atoms with Gasteiger partial charge in [-0.25, -0.2) is 9.97 Å². The number of aromatic nitrogens is 5. The molecule has 1 saturated carbocycles. The highest BCUT2D eigenvalue weighted by Crippen LogP contribution is 2.33. The van der Waals surface area contributed by atoms with Crippen molar-refractivity contribution in [1.29, 1.82) is 0 Å². The molecule has 0 aliphatic heterocycles. The molecule has 4 rings (SSSR count). The Morgan fingerprint density at radius 3 is 2.77 bits per heavy atom. The summed E-state index contributed by atoms with van der Waals surface area (Å²) in [6, 6.07) is 3.59. The molecule has 0 bridgehead atoms. The molecule has 0 atom stereocenters. The Balaban J connectivity index is 1.46. The second-order valence-corrected chi connectivity index (χ2v) is 15.3. The standard InChI is InChI=1S/C22H32N6O2Si/c1-31(2,3)11-10-30-16-27-9-8-20-21(23-15-24-22(20)27)18-13-25-28(14-18)19-6-4-17(5-7-19)12-26-29/h8-9,12-15,17,19,29H,4-7,10-11,16H2,1-3H3/b26-12-. The van der Waals surface area contributed by atoms with Crippen LogP contribution >= 0.6 is 0 Å². The van der Waals surface area contributed by atoms with Crippen LogP contribution in [0.1, 0.15) is 31.7 Å². The fourth-order valence-electron chi connectivity index (χ4n) is 4.15. The average Bonchev–Trinajstić information content (AvgIpc) is 3.39. The van der Waals surface area contributed by atoms with Crippen LogP contribution in [0, 0.1) is 5.92 Å². The molecule has 166 valence electrons. The number of hydrogen-bond donors (Lipinski definition) is 1. The summed E-state index contributed by atoms with van der Waals surface area (Å²) in [6.07, 6.45) is 13.4. The van der Waals surface area contributed by atoms with Crippen LogP contribution in [-0.4, -0.2) is 50.4 Å². The maximum absolute atomic E-state index is 8.74. The average molecular weight is 441 g/mol. The lowest BCUT2D eigenvalue weighted by Crippen LogP contribution is -2.22. The van der Waals surface area contributed by atoms with Crippen molar-refractivity contribution in [1.82, 2.24) is 24.3 Å². The van der Waals surface area contributed by atoms with Crippen molar-refractivity contribution in [3.8, 4) is 11.3 Å². The monoisotopic (exact) mass is 440 g/mol. The Morgan fingerprint density at radius 2 is 2.03 bits per heavy atom. The van der Waals surface area contributed by atoms with Gasteiger partial charge >= 0.3 is 0 Å². The summed E-state index contributed by atoms with van der Waals surface area (Å²) < 4.78 is 10.0. The third kappa shape index (κ3) is 5.22. The SMILES string of the molecule is C[Si](C)(C)CCOCn1ccc2c(-c3cnn(C4CCC(/C=N\O)CC4)c3)ncnc21. The predicted octanol–water partition coefficient (Wildman–Crippen LogP) is 4.80. The van der Waals surface area contributed by atoms with E-state index in [1.165, 1.54) is 0 Å². The van der Waals surface area contributed by atoms with Gasteiger partial charge in [-0.2, -0.15) is 5.10 Å². The molecule has 3 aromatic heterocycles. The van der Waals surface area contributed by atoms with Crippen molar-refractivity contribution in [3.63, 3.8) is 0 Å². The molecule has 3 heterocycles. The molecule has 0 aromatic carbocycles. The highest BCUT2D eigenvalue weighted by molar-refractivity contribution is 6.76. The van der Waals surface area contributed by atoms with Gasteiger partial charge in [0.25, 0.3) is 0 Å². The second-order valence-electron chi connectivity index (χ2n) is 9.64. The van der Waals surface area contributed by atoms with Crippen LogP contribution in [0.3, 0.4) is 0 Å². The van der Waals surface area contributed by atoms with Crippen molar-refractivity contribution in [2.24, 2.45) is 11.1 Å². The first-order valence-corrected chi connectivity index (χ1v) is 14.7. The molecule has 1 N–H and O–H groups in total. The third-order valence-electron chi connectivity index (χ3n) is 6.05. The largest absolute Gasteiger partial charge is 0.411 e. The van der Waals surface area contributed by atoms with Crippen LogP contribution in [-0.2, 0) is 11.5 Å². The van der Waals surface area contributed by atoms with E-state index >= 15 is 0 Å². The van der Waals surface area contributed by atoms with E-state index < -0.39 is 8.07 Å². The molecule has 1 aliphatic carbocycles. The van der Waals surface area contributed by atoms with Crippen molar-refractivity contribution in [2.75, 3.05) is 6.61 Å². The Kier molecular flexibility index (Phi) is 6.52. The third-order valence-corrected chi connectivity index (χ3v) is 7.75. The van der Waals surface area contributed by atoms with E-state index in [9.17, 15) is 0 Å². The predicted molar refractivity (Wildman–Crippen MR) is 124 cm³/mol. The molecule has 8 nitrogen and oxygen atoms in total. The zero-order chi connectivity index (χ0) is 21.8. The van der Waals surface area contributed by atoms with Crippen molar-refractivity contribution < 1.29 is 9.94 Å². The van der Waals surface area contributed by atoms with Gasteiger partial charge in [-0.3, -0.25) is 4.68 Å². The first-order chi connectivity index (χ1) is 14.9. The highest BCUT2D eigenvalue weighted by atomic mass is 28.3. The molecule has 3 aromatic rings. The normalized spacial score (nSPS) is 20.1. The minimum atomic E-state index is -1.09. The molecule has 1 fully saturated rings. The van der Waals surface area contributed by atoms with Gasteiger partial charge in [0, 0.05) is 44.2 Å². The molecule has 31 heavy (non-hydrogen) atoms. The number of hydrogen-bond acceptors (Lipinski definition) is 6. The summed E-state index contributed by atoms with van der Waals surface area (Å²) in [5, 5.41) is 17.6. The quantitative estimate of drug-likeness (QED) is 0.179. The Morgan fingerprint density at radius 1 is 1.23 bits per heavy atom. The number of ether oxygens (including phenoxy) is 1. The van der Waals surface area contributed by atoms with E-state index in [1.54, 1.807) is 12.5 Å². The molecule has 0 unspecified atom stereocenters. The van der Waals surface area contributed by atoms with E-state index in [-0.39, 0.29) is 0 Å². The first kappa shape index (κ1) is 21.7. The van der Waals surface area contributed by atoms with Crippen LogP contribution in [0.25, 0.3) is 22.3 Å². The highest BCUT2D eigenvalue weighted by Gasteiger charge is 2.23. The van der Waals surface area contributed by atoms with Gasteiger partial charge in [0.15, 0.2) is 0 Å². The van der Waals surface area contributed by atoms with Crippen molar-refractivity contribution >= 4 is 25.3 Å². The Labute approximate surface area is 184 Å². The minimum absolute atomic E-state index is 0.366.